The molecule has 5 heteroatoms. The van der Waals surface area contributed by atoms with Crippen LogP contribution < -0.4 is 0 Å². The quantitative estimate of drug-likeness (QED) is 0.628. The Balaban J connectivity index is 1.99. The summed E-state index contributed by atoms with van der Waals surface area (Å²) in [6, 6.07) is 20.0. The van der Waals surface area contributed by atoms with Crippen molar-refractivity contribution in [2.24, 2.45) is 5.41 Å². The molecule has 0 saturated carbocycles. The van der Waals surface area contributed by atoms with Crippen LogP contribution in [-0.4, -0.2) is 26.3 Å². The van der Waals surface area contributed by atoms with Gasteiger partial charge in [0.15, 0.2) is 11.0 Å². The Morgan fingerprint density at radius 1 is 0.960 bits per heavy atom. The number of aromatic nitrogens is 3. The number of thioether (sulfide) groups is 1. The molecule has 3 aromatic rings. The average molecular weight is 351 g/mol. The SMILES string of the molecule is CC(C)(C)C(=O)CSc1nnc(-c2ccccc2)n1-c1ccccc1. The van der Waals surface area contributed by atoms with Crippen LogP contribution in [0.25, 0.3) is 17.1 Å². The molecule has 0 aliphatic rings. The third-order valence-electron chi connectivity index (χ3n) is 3.85. The normalized spacial score (nSPS) is 11.5. The minimum absolute atomic E-state index is 0.196. The van der Waals surface area contributed by atoms with E-state index in [1.165, 1.54) is 11.8 Å². The first kappa shape index (κ1) is 17.4. The highest BCUT2D eigenvalue weighted by atomic mass is 32.2. The van der Waals surface area contributed by atoms with Crippen molar-refractivity contribution in [3.05, 3.63) is 60.7 Å². The molecule has 3 rings (SSSR count). The summed E-state index contributed by atoms with van der Waals surface area (Å²) < 4.78 is 2.01. The predicted molar refractivity (Wildman–Crippen MR) is 102 cm³/mol. The molecule has 0 aliphatic carbocycles. The summed E-state index contributed by atoms with van der Waals surface area (Å²) in [7, 11) is 0. The Hall–Kier alpha value is -2.40. The van der Waals surface area contributed by atoms with Crippen molar-refractivity contribution < 1.29 is 4.79 Å². The van der Waals surface area contributed by atoms with E-state index in [1.54, 1.807) is 0 Å². The molecule has 0 spiro atoms. The van der Waals surface area contributed by atoms with Crippen molar-refractivity contribution in [1.82, 2.24) is 14.8 Å². The molecule has 0 unspecified atom stereocenters. The predicted octanol–water partition coefficient (Wildman–Crippen LogP) is 4.64. The number of Topliss-reactive ketones (excluding diaryl/α,β-unsaturated/α-hetero) is 1. The van der Waals surface area contributed by atoms with Gasteiger partial charge in [0.2, 0.25) is 0 Å². The number of hydrogen-bond acceptors (Lipinski definition) is 4. The Morgan fingerprint density at radius 3 is 2.16 bits per heavy atom. The van der Waals surface area contributed by atoms with Gasteiger partial charge in [-0.2, -0.15) is 0 Å². The van der Waals surface area contributed by atoms with Gasteiger partial charge in [-0.3, -0.25) is 9.36 Å². The van der Waals surface area contributed by atoms with Crippen LogP contribution >= 0.6 is 11.8 Å². The summed E-state index contributed by atoms with van der Waals surface area (Å²) >= 11 is 1.43. The third-order valence-corrected chi connectivity index (χ3v) is 4.78. The van der Waals surface area contributed by atoms with Gasteiger partial charge in [-0.25, -0.2) is 0 Å². The lowest BCUT2D eigenvalue weighted by molar-refractivity contribution is -0.123. The number of carbonyl (C=O) groups is 1. The second-order valence-electron chi connectivity index (χ2n) is 6.81. The largest absolute Gasteiger partial charge is 0.298 e. The Morgan fingerprint density at radius 2 is 1.56 bits per heavy atom. The van der Waals surface area contributed by atoms with E-state index >= 15 is 0 Å². The molecule has 128 valence electrons. The summed E-state index contributed by atoms with van der Waals surface area (Å²) in [6.07, 6.45) is 0. The van der Waals surface area contributed by atoms with Crippen molar-refractivity contribution in [2.45, 2.75) is 25.9 Å². The first-order valence-corrected chi connectivity index (χ1v) is 9.18. The van der Waals surface area contributed by atoms with Crippen LogP contribution in [0.3, 0.4) is 0 Å². The molecule has 0 N–H and O–H groups in total. The minimum Gasteiger partial charge on any atom is -0.298 e. The maximum Gasteiger partial charge on any atom is 0.196 e. The van der Waals surface area contributed by atoms with Crippen LogP contribution in [-0.2, 0) is 4.79 Å². The molecule has 1 heterocycles. The van der Waals surface area contributed by atoms with E-state index in [0.717, 1.165) is 22.2 Å². The summed E-state index contributed by atoms with van der Waals surface area (Å²) in [6.45, 7) is 5.81. The molecule has 0 atom stereocenters. The molecular weight excluding hydrogens is 330 g/mol. The van der Waals surface area contributed by atoms with Gasteiger partial charge in [0.05, 0.1) is 5.75 Å². The van der Waals surface area contributed by atoms with E-state index in [-0.39, 0.29) is 11.2 Å². The fourth-order valence-electron chi connectivity index (χ4n) is 2.29. The monoisotopic (exact) mass is 351 g/mol. The smallest absolute Gasteiger partial charge is 0.196 e. The lowest BCUT2D eigenvalue weighted by Crippen LogP contribution is -2.22. The number of hydrogen-bond donors (Lipinski definition) is 0. The van der Waals surface area contributed by atoms with E-state index in [0.29, 0.717) is 5.75 Å². The first-order valence-electron chi connectivity index (χ1n) is 8.19. The van der Waals surface area contributed by atoms with Crippen molar-refractivity contribution >= 4 is 17.5 Å². The number of para-hydroxylation sites is 1. The maximum atomic E-state index is 12.3. The van der Waals surface area contributed by atoms with Crippen LogP contribution in [0.4, 0.5) is 0 Å². The zero-order valence-corrected chi connectivity index (χ0v) is 15.5. The van der Waals surface area contributed by atoms with Crippen LogP contribution in [0.2, 0.25) is 0 Å². The Bertz CT molecular complexity index is 852. The molecule has 0 bridgehead atoms. The number of carbonyl (C=O) groups excluding carboxylic acids is 1. The summed E-state index contributed by atoms with van der Waals surface area (Å²) in [4.78, 5) is 12.3. The number of rotatable bonds is 5. The summed E-state index contributed by atoms with van der Waals surface area (Å²) in [5.74, 6) is 1.35. The minimum atomic E-state index is -0.354. The van der Waals surface area contributed by atoms with Crippen molar-refractivity contribution in [3.63, 3.8) is 0 Å². The molecule has 2 aromatic carbocycles. The molecule has 4 nitrogen and oxygen atoms in total. The highest BCUT2D eigenvalue weighted by Crippen LogP contribution is 2.29. The zero-order chi connectivity index (χ0) is 17.9. The van der Waals surface area contributed by atoms with E-state index in [2.05, 4.69) is 10.2 Å². The molecule has 0 fully saturated rings. The average Bonchev–Trinajstić information content (AvgIpc) is 3.04. The van der Waals surface area contributed by atoms with Crippen LogP contribution in [0.15, 0.2) is 65.8 Å². The third kappa shape index (κ3) is 3.99. The topological polar surface area (TPSA) is 47.8 Å². The zero-order valence-electron chi connectivity index (χ0n) is 14.6. The van der Waals surface area contributed by atoms with Crippen LogP contribution in [0, 0.1) is 5.41 Å². The molecule has 0 aliphatic heterocycles. The van der Waals surface area contributed by atoms with Crippen molar-refractivity contribution in [3.8, 4) is 17.1 Å². The van der Waals surface area contributed by atoms with Crippen molar-refractivity contribution in [2.75, 3.05) is 5.75 Å². The van der Waals surface area contributed by atoms with Crippen molar-refractivity contribution in [1.29, 1.82) is 0 Å². The lowest BCUT2D eigenvalue weighted by Gasteiger charge is -2.16. The highest BCUT2D eigenvalue weighted by Gasteiger charge is 2.23. The van der Waals surface area contributed by atoms with Crippen LogP contribution in [0.1, 0.15) is 20.8 Å². The Kier molecular flexibility index (Phi) is 5.04. The second kappa shape index (κ2) is 7.23. The summed E-state index contributed by atoms with van der Waals surface area (Å²) in [5.41, 5.74) is 1.62. The second-order valence-corrected chi connectivity index (χ2v) is 7.75. The van der Waals surface area contributed by atoms with E-state index in [4.69, 9.17) is 0 Å². The van der Waals surface area contributed by atoms with E-state index in [9.17, 15) is 4.79 Å². The van der Waals surface area contributed by atoms with E-state index < -0.39 is 0 Å². The first-order chi connectivity index (χ1) is 12.0. The van der Waals surface area contributed by atoms with Gasteiger partial charge in [-0.1, -0.05) is 81.1 Å². The van der Waals surface area contributed by atoms with Gasteiger partial charge in [0.1, 0.15) is 5.78 Å². The lowest BCUT2D eigenvalue weighted by atomic mass is 9.92. The molecule has 1 aromatic heterocycles. The van der Waals surface area contributed by atoms with Gasteiger partial charge in [0.25, 0.3) is 0 Å². The van der Waals surface area contributed by atoms with Crippen LogP contribution in [0.5, 0.6) is 0 Å². The van der Waals surface area contributed by atoms with Gasteiger partial charge in [-0.15, -0.1) is 10.2 Å². The highest BCUT2D eigenvalue weighted by molar-refractivity contribution is 7.99. The molecule has 0 saturated heterocycles. The van der Waals surface area contributed by atoms with Gasteiger partial charge in [-0.05, 0) is 12.1 Å². The number of ketones is 1. The number of benzene rings is 2. The summed E-state index contributed by atoms with van der Waals surface area (Å²) in [5, 5.41) is 9.46. The molecular formula is C20H21N3OS. The molecule has 0 radical (unpaired) electrons. The standard InChI is InChI=1S/C20H21N3OS/c1-20(2,3)17(24)14-25-19-22-21-18(15-10-6-4-7-11-15)23(19)16-12-8-5-9-13-16/h4-13H,14H2,1-3H3. The van der Waals surface area contributed by atoms with Gasteiger partial charge < -0.3 is 0 Å². The number of nitrogens with zero attached hydrogens (tertiary/aromatic N) is 3. The van der Waals surface area contributed by atoms with E-state index in [1.807, 2.05) is 86.0 Å². The Labute approximate surface area is 152 Å². The van der Waals surface area contributed by atoms with Gasteiger partial charge in [0, 0.05) is 16.7 Å². The molecule has 25 heavy (non-hydrogen) atoms. The fourth-order valence-corrected chi connectivity index (χ4v) is 3.41. The molecule has 0 amide bonds. The van der Waals surface area contributed by atoms with Gasteiger partial charge >= 0.3 is 0 Å². The fraction of sp³-hybridized carbons (Fsp3) is 0.250. The maximum absolute atomic E-state index is 12.3.